The molecule has 1 aliphatic rings. The van der Waals surface area contributed by atoms with Crippen LogP contribution in [0.5, 0.6) is 0 Å². The third-order valence-corrected chi connectivity index (χ3v) is 3.44. The van der Waals surface area contributed by atoms with Gasteiger partial charge >= 0.3 is 0 Å². The molecule has 1 aromatic carbocycles. The van der Waals surface area contributed by atoms with E-state index in [-0.39, 0.29) is 5.91 Å². The highest BCUT2D eigenvalue weighted by Crippen LogP contribution is 2.28. The van der Waals surface area contributed by atoms with Gasteiger partial charge in [0.05, 0.1) is 0 Å². The van der Waals surface area contributed by atoms with Crippen LogP contribution in [0.1, 0.15) is 23.2 Å². The van der Waals surface area contributed by atoms with Gasteiger partial charge in [0, 0.05) is 27.6 Å². The molecular weight excluding hydrogens is 322 g/mol. The smallest absolute Gasteiger partial charge is 0.253 e. The highest BCUT2D eigenvalue weighted by atomic mass is 79.9. The molecular formula is C11H11Br2NO. The fourth-order valence-corrected chi connectivity index (χ4v) is 2.80. The minimum Gasteiger partial charge on any atom is -0.339 e. The second-order valence-corrected chi connectivity index (χ2v) is 5.64. The molecule has 1 aromatic rings. The summed E-state index contributed by atoms with van der Waals surface area (Å²) in [7, 11) is 1.87. The van der Waals surface area contributed by atoms with Gasteiger partial charge in [-0.05, 0) is 31.0 Å². The number of halogens is 2. The van der Waals surface area contributed by atoms with Gasteiger partial charge in [-0.15, -0.1) is 0 Å². The van der Waals surface area contributed by atoms with Crippen LogP contribution in [0.15, 0.2) is 27.1 Å². The van der Waals surface area contributed by atoms with Crippen molar-refractivity contribution in [3.8, 4) is 0 Å². The zero-order valence-corrected chi connectivity index (χ0v) is 11.5. The molecule has 80 valence electrons. The van der Waals surface area contributed by atoms with Crippen molar-refractivity contribution in [1.29, 1.82) is 0 Å². The SMILES string of the molecule is CN(C(=O)c1cc(Br)cc(Br)c1)C1CC1. The fourth-order valence-electron chi connectivity index (χ4n) is 1.51. The Morgan fingerprint density at radius 1 is 1.27 bits per heavy atom. The van der Waals surface area contributed by atoms with Crippen LogP contribution in [0.2, 0.25) is 0 Å². The van der Waals surface area contributed by atoms with Crippen molar-refractivity contribution in [2.24, 2.45) is 0 Å². The molecule has 0 radical (unpaired) electrons. The first-order valence-corrected chi connectivity index (χ1v) is 6.40. The Morgan fingerprint density at radius 3 is 2.27 bits per heavy atom. The van der Waals surface area contributed by atoms with E-state index in [0.717, 1.165) is 27.4 Å². The largest absolute Gasteiger partial charge is 0.339 e. The molecule has 0 heterocycles. The molecule has 0 aromatic heterocycles. The van der Waals surface area contributed by atoms with Crippen LogP contribution < -0.4 is 0 Å². The van der Waals surface area contributed by atoms with Gasteiger partial charge in [0.2, 0.25) is 0 Å². The normalized spacial score (nSPS) is 15.1. The molecule has 0 atom stereocenters. The fraction of sp³-hybridized carbons (Fsp3) is 0.364. The van der Waals surface area contributed by atoms with Crippen molar-refractivity contribution >= 4 is 37.8 Å². The summed E-state index contributed by atoms with van der Waals surface area (Å²) in [5.41, 5.74) is 0.727. The van der Waals surface area contributed by atoms with E-state index in [4.69, 9.17) is 0 Å². The molecule has 0 spiro atoms. The molecule has 0 aliphatic heterocycles. The molecule has 1 amide bonds. The zero-order valence-electron chi connectivity index (χ0n) is 8.34. The number of hydrogen-bond donors (Lipinski definition) is 0. The van der Waals surface area contributed by atoms with Crippen molar-refractivity contribution in [3.05, 3.63) is 32.7 Å². The van der Waals surface area contributed by atoms with Crippen LogP contribution in [-0.4, -0.2) is 23.9 Å². The first kappa shape index (κ1) is 11.1. The summed E-state index contributed by atoms with van der Waals surface area (Å²) < 4.78 is 1.84. The number of amides is 1. The quantitative estimate of drug-likeness (QED) is 0.812. The summed E-state index contributed by atoms with van der Waals surface area (Å²) in [6.45, 7) is 0. The minimum atomic E-state index is 0.0968. The van der Waals surface area contributed by atoms with E-state index in [1.165, 1.54) is 0 Å². The lowest BCUT2D eigenvalue weighted by Gasteiger charge is -2.16. The van der Waals surface area contributed by atoms with E-state index < -0.39 is 0 Å². The molecule has 2 rings (SSSR count). The first-order chi connectivity index (χ1) is 7.08. The van der Waals surface area contributed by atoms with E-state index >= 15 is 0 Å². The van der Waals surface area contributed by atoms with Crippen LogP contribution in [0.3, 0.4) is 0 Å². The summed E-state index contributed by atoms with van der Waals surface area (Å²) in [6.07, 6.45) is 2.27. The Bertz CT molecular complexity index is 381. The monoisotopic (exact) mass is 331 g/mol. The molecule has 1 aliphatic carbocycles. The Morgan fingerprint density at radius 2 is 1.80 bits per heavy atom. The molecule has 2 nitrogen and oxygen atoms in total. The maximum absolute atomic E-state index is 12.0. The Labute approximate surface area is 106 Å². The van der Waals surface area contributed by atoms with E-state index in [1.54, 1.807) is 0 Å². The molecule has 15 heavy (non-hydrogen) atoms. The third kappa shape index (κ3) is 2.61. The van der Waals surface area contributed by atoms with E-state index in [9.17, 15) is 4.79 Å². The Balaban J connectivity index is 2.24. The maximum Gasteiger partial charge on any atom is 0.253 e. The summed E-state index contributed by atoms with van der Waals surface area (Å²) in [6, 6.07) is 6.08. The lowest BCUT2D eigenvalue weighted by molar-refractivity contribution is 0.0785. The number of rotatable bonds is 2. The molecule has 0 unspecified atom stereocenters. The number of carbonyl (C=O) groups is 1. The summed E-state index contributed by atoms with van der Waals surface area (Å²) in [4.78, 5) is 13.8. The van der Waals surface area contributed by atoms with Gasteiger partial charge in [0.25, 0.3) is 5.91 Å². The van der Waals surface area contributed by atoms with Crippen LogP contribution in [0.4, 0.5) is 0 Å². The molecule has 1 saturated carbocycles. The summed E-state index contributed by atoms with van der Waals surface area (Å²) >= 11 is 6.76. The van der Waals surface area contributed by atoms with Gasteiger partial charge in [-0.2, -0.15) is 0 Å². The number of benzene rings is 1. The second kappa shape index (κ2) is 4.26. The predicted octanol–water partition coefficient (Wildman–Crippen LogP) is 3.45. The molecule has 1 fully saturated rings. The molecule has 0 saturated heterocycles. The summed E-state index contributed by atoms with van der Waals surface area (Å²) in [5.74, 6) is 0.0968. The molecule has 0 N–H and O–H groups in total. The van der Waals surface area contributed by atoms with E-state index in [2.05, 4.69) is 31.9 Å². The van der Waals surface area contributed by atoms with Crippen molar-refractivity contribution < 1.29 is 4.79 Å². The lowest BCUT2D eigenvalue weighted by Crippen LogP contribution is -2.28. The Kier molecular flexibility index (Phi) is 3.16. The zero-order chi connectivity index (χ0) is 11.0. The van der Waals surface area contributed by atoms with E-state index in [0.29, 0.717) is 6.04 Å². The molecule has 4 heteroatoms. The van der Waals surface area contributed by atoms with Gasteiger partial charge in [0.15, 0.2) is 0 Å². The maximum atomic E-state index is 12.0. The molecule has 0 bridgehead atoms. The van der Waals surface area contributed by atoms with Crippen LogP contribution in [0.25, 0.3) is 0 Å². The van der Waals surface area contributed by atoms with Crippen molar-refractivity contribution in [2.75, 3.05) is 7.05 Å². The van der Waals surface area contributed by atoms with Crippen LogP contribution in [0, 0.1) is 0 Å². The van der Waals surface area contributed by atoms with Crippen molar-refractivity contribution in [3.63, 3.8) is 0 Å². The van der Waals surface area contributed by atoms with Gasteiger partial charge in [-0.1, -0.05) is 31.9 Å². The average Bonchev–Trinajstić information content (AvgIpc) is 2.97. The van der Waals surface area contributed by atoms with Gasteiger partial charge in [-0.25, -0.2) is 0 Å². The van der Waals surface area contributed by atoms with Crippen LogP contribution in [-0.2, 0) is 0 Å². The second-order valence-electron chi connectivity index (χ2n) is 3.81. The van der Waals surface area contributed by atoms with Crippen molar-refractivity contribution in [1.82, 2.24) is 4.90 Å². The van der Waals surface area contributed by atoms with Gasteiger partial charge in [0.1, 0.15) is 0 Å². The number of nitrogens with zero attached hydrogens (tertiary/aromatic N) is 1. The first-order valence-electron chi connectivity index (χ1n) is 4.81. The minimum absolute atomic E-state index is 0.0968. The third-order valence-electron chi connectivity index (χ3n) is 2.52. The number of carbonyl (C=O) groups excluding carboxylic acids is 1. The summed E-state index contributed by atoms with van der Waals surface area (Å²) in [5, 5.41) is 0. The van der Waals surface area contributed by atoms with Crippen molar-refractivity contribution in [2.45, 2.75) is 18.9 Å². The highest BCUT2D eigenvalue weighted by molar-refractivity contribution is 9.11. The standard InChI is InChI=1S/C11H11Br2NO/c1-14(10-2-3-10)11(15)7-4-8(12)6-9(13)5-7/h4-6,10H,2-3H2,1H3. The topological polar surface area (TPSA) is 20.3 Å². The predicted molar refractivity (Wildman–Crippen MR) is 67.0 cm³/mol. The van der Waals surface area contributed by atoms with Crippen LogP contribution >= 0.6 is 31.9 Å². The average molecular weight is 333 g/mol. The lowest BCUT2D eigenvalue weighted by atomic mass is 10.2. The van der Waals surface area contributed by atoms with E-state index in [1.807, 2.05) is 30.1 Å². The highest BCUT2D eigenvalue weighted by Gasteiger charge is 2.30. The van der Waals surface area contributed by atoms with Gasteiger partial charge in [-0.3, -0.25) is 4.79 Å². The van der Waals surface area contributed by atoms with Gasteiger partial charge < -0.3 is 4.90 Å². The number of hydrogen-bond acceptors (Lipinski definition) is 1. The Hall–Kier alpha value is -0.350.